The normalized spacial score (nSPS) is 14.5. The molecule has 38 heavy (non-hydrogen) atoms. The molecule has 0 aromatic heterocycles. The first-order chi connectivity index (χ1) is 18.0. The number of urea groups is 1. The van der Waals surface area contributed by atoms with E-state index in [1.54, 1.807) is 36.4 Å². The summed E-state index contributed by atoms with van der Waals surface area (Å²) in [7, 11) is 0. The Balaban J connectivity index is 1.54. The number of amides is 5. The summed E-state index contributed by atoms with van der Waals surface area (Å²) in [4.78, 5) is 51.6. The second kappa shape index (κ2) is 11.3. The second-order valence-electron chi connectivity index (χ2n) is 8.69. The van der Waals surface area contributed by atoms with Gasteiger partial charge >= 0.3 is 6.03 Å². The molecule has 4 rings (SSSR count). The Hall–Kier alpha value is -3.76. The number of rotatable bonds is 6. The highest BCUT2D eigenvalue weighted by molar-refractivity contribution is 9.11. The molecular weight excluding hydrogens is 618 g/mol. The Kier molecular flexibility index (Phi) is 8.13. The number of benzene rings is 3. The molecule has 5 amide bonds. The summed E-state index contributed by atoms with van der Waals surface area (Å²) in [6.07, 6.45) is 1.39. The molecule has 10 heteroatoms. The van der Waals surface area contributed by atoms with Crippen molar-refractivity contribution in [3.63, 3.8) is 0 Å². The number of hydrogen-bond acceptors (Lipinski definition) is 5. The van der Waals surface area contributed by atoms with E-state index in [0.717, 1.165) is 21.6 Å². The third-order valence-electron chi connectivity index (χ3n) is 5.95. The van der Waals surface area contributed by atoms with Crippen LogP contribution in [-0.4, -0.2) is 30.4 Å². The lowest BCUT2D eigenvalue weighted by Gasteiger charge is -2.27. The molecule has 1 heterocycles. The minimum Gasteiger partial charge on any atom is -0.481 e. The van der Waals surface area contributed by atoms with E-state index in [9.17, 15) is 19.2 Å². The Morgan fingerprint density at radius 1 is 0.947 bits per heavy atom. The lowest BCUT2D eigenvalue weighted by Crippen LogP contribution is -2.54. The van der Waals surface area contributed by atoms with Crippen LogP contribution in [0.5, 0.6) is 5.75 Å². The van der Waals surface area contributed by atoms with Crippen LogP contribution in [0, 0.1) is 20.8 Å². The summed E-state index contributed by atoms with van der Waals surface area (Å²) < 4.78 is 6.70. The van der Waals surface area contributed by atoms with E-state index in [1.807, 2.05) is 39.0 Å². The number of hydrogen-bond donors (Lipinski definition) is 2. The Bertz CT molecular complexity index is 1490. The third-order valence-corrected chi connectivity index (χ3v) is 7.13. The minimum atomic E-state index is -0.810. The third kappa shape index (κ3) is 5.87. The predicted octanol–water partition coefficient (Wildman–Crippen LogP) is 5.82. The maximum Gasteiger partial charge on any atom is 0.335 e. The second-order valence-corrected chi connectivity index (χ2v) is 10.4. The van der Waals surface area contributed by atoms with Crippen LogP contribution in [-0.2, 0) is 14.4 Å². The summed E-state index contributed by atoms with van der Waals surface area (Å²) >= 11 is 6.86. The van der Waals surface area contributed by atoms with Gasteiger partial charge in [0.25, 0.3) is 17.7 Å². The van der Waals surface area contributed by atoms with Crippen LogP contribution >= 0.6 is 31.9 Å². The van der Waals surface area contributed by atoms with Crippen molar-refractivity contribution in [2.45, 2.75) is 20.8 Å². The number of ether oxygens (including phenoxy) is 1. The van der Waals surface area contributed by atoms with Crippen molar-refractivity contribution >= 4 is 73.1 Å². The van der Waals surface area contributed by atoms with Crippen molar-refractivity contribution in [2.75, 3.05) is 16.8 Å². The molecular formula is C28H23Br2N3O5. The van der Waals surface area contributed by atoms with E-state index in [1.165, 1.54) is 6.08 Å². The van der Waals surface area contributed by atoms with Crippen molar-refractivity contribution in [1.29, 1.82) is 0 Å². The van der Waals surface area contributed by atoms with E-state index in [0.29, 0.717) is 31.6 Å². The van der Waals surface area contributed by atoms with Crippen LogP contribution in [0.1, 0.15) is 22.3 Å². The zero-order chi connectivity index (χ0) is 27.6. The smallest absolute Gasteiger partial charge is 0.335 e. The molecule has 0 bridgehead atoms. The summed E-state index contributed by atoms with van der Waals surface area (Å²) in [5.41, 5.74) is 4.20. The predicted molar refractivity (Wildman–Crippen MR) is 152 cm³/mol. The van der Waals surface area contributed by atoms with Crippen LogP contribution in [0.15, 0.2) is 69.1 Å². The number of halogens is 2. The van der Waals surface area contributed by atoms with Crippen molar-refractivity contribution < 1.29 is 23.9 Å². The number of nitrogens with zero attached hydrogens (tertiary/aromatic N) is 1. The van der Waals surface area contributed by atoms with Gasteiger partial charge in [0.2, 0.25) is 0 Å². The molecule has 3 aromatic rings. The van der Waals surface area contributed by atoms with Gasteiger partial charge < -0.3 is 10.1 Å². The monoisotopic (exact) mass is 639 g/mol. The van der Waals surface area contributed by atoms with Crippen LogP contribution < -0.4 is 20.3 Å². The van der Waals surface area contributed by atoms with Crippen molar-refractivity contribution in [3.05, 3.63) is 91.4 Å². The van der Waals surface area contributed by atoms with Gasteiger partial charge in [0.1, 0.15) is 11.3 Å². The maximum absolute atomic E-state index is 13.2. The van der Waals surface area contributed by atoms with E-state index in [-0.39, 0.29) is 18.1 Å². The molecule has 0 spiro atoms. The van der Waals surface area contributed by atoms with Gasteiger partial charge in [0.05, 0.1) is 14.6 Å². The number of carbonyl (C=O) groups excluding carboxylic acids is 4. The first kappa shape index (κ1) is 27.3. The molecule has 1 saturated heterocycles. The number of aryl methyl sites for hydroxylation is 3. The topological polar surface area (TPSA) is 105 Å². The van der Waals surface area contributed by atoms with Crippen LogP contribution in [0.2, 0.25) is 0 Å². The molecule has 3 aromatic carbocycles. The molecule has 0 radical (unpaired) electrons. The summed E-state index contributed by atoms with van der Waals surface area (Å²) in [5, 5.41) is 5.03. The molecule has 1 aliphatic heterocycles. The zero-order valence-corrected chi connectivity index (χ0v) is 23.9. The molecule has 1 aliphatic rings. The SMILES string of the molecule is Cc1ccc(N2C(=O)NC(=O)/C(=C/c3cc(Br)c(OCC(=O)Nc4ccccc4C)c(Br)c3)C2=O)cc1C. The molecule has 0 unspecified atom stereocenters. The number of para-hydroxylation sites is 1. The fourth-order valence-corrected chi connectivity index (χ4v) is 5.21. The molecule has 0 saturated carbocycles. The highest BCUT2D eigenvalue weighted by Crippen LogP contribution is 2.36. The summed E-state index contributed by atoms with van der Waals surface area (Å²) in [6, 6.07) is 15.1. The fraction of sp³-hybridized carbons (Fsp3) is 0.143. The van der Waals surface area contributed by atoms with Crippen molar-refractivity contribution in [2.24, 2.45) is 0 Å². The van der Waals surface area contributed by atoms with Gasteiger partial charge in [0.15, 0.2) is 6.61 Å². The quantitative estimate of drug-likeness (QED) is 0.261. The van der Waals surface area contributed by atoms with Crippen LogP contribution in [0.4, 0.5) is 16.2 Å². The average molecular weight is 641 g/mol. The van der Waals surface area contributed by atoms with Crippen LogP contribution in [0.25, 0.3) is 6.08 Å². The number of nitrogens with one attached hydrogen (secondary N) is 2. The standard InChI is InChI=1S/C28H23Br2N3O5/c1-15-8-9-19(10-17(15)3)33-27(36)20(26(35)32-28(33)37)11-18-12-21(29)25(22(30)13-18)38-14-24(34)31-23-7-5-4-6-16(23)2/h4-13H,14H2,1-3H3,(H,31,34)(H,32,35,37)/b20-11-. The van der Waals surface area contributed by atoms with Gasteiger partial charge in [-0.25, -0.2) is 9.69 Å². The van der Waals surface area contributed by atoms with Crippen LogP contribution in [0.3, 0.4) is 0 Å². The lowest BCUT2D eigenvalue weighted by atomic mass is 10.1. The molecule has 194 valence electrons. The number of carbonyl (C=O) groups is 4. The Labute approximate surface area is 236 Å². The van der Waals surface area contributed by atoms with Gasteiger partial charge in [0, 0.05) is 5.69 Å². The summed E-state index contributed by atoms with van der Waals surface area (Å²) in [6.45, 7) is 5.45. The van der Waals surface area contributed by atoms with Gasteiger partial charge in [-0.2, -0.15) is 0 Å². The van der Waals surface area contributed by atoms with Crippen molar-refractivity contribution in [3.8, 4) is 5.75 Å². The van der Waals surface area contributed by atoms with E-state index >= 15 is 0 Å². The Morgan fingerprint density at radius 2 is 1.63 bits per heavy atom. The summed E-state index contributed by atoms with van der Waals surface area (Å²) in [5.74, 6) is -1.48. The Morgan fingerprint density at radius 3 is 2.29 bits per heavy atom. The maximum atomic E-state index is 13.2. The van der Waals surface area contributed by atoms with E-state index < -0.39 is 17.8 Å². The van der Waals surface area contributed by atoms with Gasteiger partial charge in [-0.1, -0.05) is 24.3 Å². The molecule has 8 nitrogen and oxygen atoms in total. The van der Waals surface area contributed by atoms with Gasteiger partial charge in [-0.3, -0.25) is 19.7 Å². The number of imide groups is 2. The van der Waals surface area contributed by atoms with Gasteiger partial charge in [-0.15, -0.1) is 0 Å². The molecule has 0 atom stereocenters. The van der Waals surface area contributed by atoms with E-state index in [4.69, 9.17) is 4.74 Å². The highest BCUT2D eigenvalue weighted by atomic mass is 79.9. The lowest BCUT2D eigenvalue weighted by molar-refractivity contribution is -0.122. The van der Waals surface area contributed by atoms with Gasteiger partial charge in [-0.05, 0) is 111 Å². The molecule has 0 aliphatic carbocycles. The van der Waals surface area contributed by atoms with E-state index in [2.05, 4.69) is 42.5 Å². The number of barbiturate groups is 1. The highest BCUT2D eigenvalue weighted by Gasteiger charge is 2.37. The average Bonchev–Trinajstić information content (AvgIpc) is 2.85. The largest absolute Gasteiger partial charge is 0.481 e. The van der Waals surface area contributed by atoms with Crippen molar-refractivity contribution in [1.82, 2.24) is 5.32 Å². The zero-order valence-electron chi connectivity index (χ0n) is 20.7. The first-order valence-corrected chi connectivity index (χ1v) is 13.1. The number of anilines is 2. The minimum absolute atomic E-state index is 0.201. The molecule has 1 fully saturated rings. The fourth-order valence-electron chi connectivity index (χ4n) is 3.76. The molecule has 2 N–H and O–H groups in total. The first-order valence-electron chi connectivity index (χ1n) is 11.5.